The van der Waals surface area contributed by atoms with Crippen LogP contribution in [-0.4, -0.2) is 31.7 Å². The minimum absolute atomic E-state index is 0.392. The maximum atomic E-state index is 11.2. The molecule has 0 aliphatic carbocycles. The normalized spacial score (nSPS) is 22.4. The third-order valence-corrected chi connectivity index (χ3v) is 4.26. The fourth-order valence-electron chi connectivity index (χ4n) is 2.05. The summed E-state index contributed by atoms with van der Waals surface area (Å²) in [6, 6.07) is 10.0. The molecule has 4 nitrogen and oxygen atoms in total. The van der Waals surface area contributed by atoms with Gasteiger partial charge in [-0.15, -0.1) is 0 Å². The second kappa shape index (κ2) is 4.53. The quantitative estimate of drug-likeness (QED) is 0.839. The van der Waals surface area contributed by atoms with Gasteiger partial charge in [0.1, 0.15) is 0 Å². The Balaban J connectivity index is 1.96. The van der Waals surface area contributed by atoms with Crippen molar-refractivity contribution in [1.82, 2.24) is 4.90 Å². The Hall–Kier alpha value is -0.910. The number of hydrogen-bond donors (Lipinski definition) is 1. The molecule has 5 heteroatoms. The van der Waals surface area contributed by atoms with E-state index in [-0.39, 0.29) is 0 Å². The second-order valence-electron chi connectivity index (χ2n) is 4.22. The standard InChI is InChI=1S/C11H16N2O2S/c12-16(14,15)11-6-7-13(9-11)8-10-4-2-1-3-5-10/h1-5,11H,6-9H2,(H2,12,14,15)/t11-/m1/s1. The van der Waals surface area contributed by atoms with E-state index in [4.69, 9.17) is 5.14 Å². The smallest absolute Gasteiger partial charge is 0.213 e. The third-order valence-electron chi connectivity index (χ3n) is 2.94. The zero-order chi connectivity index (χ0) is 11.6. The van der Waals surface area contributed by atoms with Crippen molar-refractivity contribution < 1.29 is 8.42 Å². The van der Waals surface area contributed by atoms with Crippen molar-refractivity contribution in [3.05, 3.63) is 35.9 Å². The van der Waals surface area contributed by atoms with Crippen LogP contribution in [0.5, 0.6) is 0 Å². The molecule has 0 radical (unpaired) electrons. The summed E-state index contributed by atoms with van der Waals surface area (Å²) in [5, 5.41) is 4.75. The van der Waals surface area contributed by atoms with Crippen LogP contribution in [0.1, 0.15) is 12.0 Å². The van der Waals surface area contributed by atoms with Crippen molar-refractivity contribution in [1.29, 1.82) is 0 Å². The van der Waals surface area contributed by atoms with E-state index in [1.807, 2.05) is 30.3 Å². The molecule has 0 spiro atoms. The van der Waals surface area contributed by atoms with Gasteiger partial charge in [0.15, 0.2) is 0 Å². The third kappa shape index (κ3) is 2.81. The molecular formula is C11H16N2O2S. The Morgan fingerprint density at radius 3 is 2.56 bits per heavy atom. The maximum absolute atomic E-state index is 11.2. The second-order valence-corrected chi connectivity index (χ2v) is 6.07. The Labute approximate surface area is 96.1 Å². The van der Waals surface area contributed by atoms with Gasteiger partial charge >= 0.3 is 0 Å². The number of benzene rings is 1. The predicted molar refractivity (Wildman–Crippen MR) is 63.2 cm³/mol. The average Bonchev–Trinajstić information content (AvgIpc) is 2.67. The molecule has 0 saturated carbocycles. The molecule has 16 heavy (non-hydrogen) atoms. The number of hydrogen-bond acceptors (Lipinski definition) is 3. The molecule has 0 amide bonds. The molecule has 1 aliphatic heterocycles. The number of likely N-dealkylation sites (tertiary alicyclic amines) is 1. The van der Waals surface area contributed by atoms with Crippen LogP contribution in [0.2, 0.25) is 0 Å². The highest BCUT2D eigenvalue weighted by atomic mass is 32.2. The SMILES string of the molecule is NS(=O)(=O)[C@@H]1CCN(Cc2ccccc2)C1. The van der Waals surface area contributed by atoms with Gasteiger partial charge in [0, 0.05) is 13.1 Å². The summed E-state index contributed by atoms with van der Waals surface area (Å²) >= 11 is 0. The van der Waals surface area contributed by atoms with E-state index < -0.39 is 15.3 Å². The molecule has 2 rings (SSSR count). The van der Waals surface area contributed by atoms with Crippen LogP contribution in [0, 0.1) is 0 Å². The van der Waals surface area contributed by atoms with Gasteiger partial charge in [-0.2, -0.15) is 0 Å². The highest BCUT2D eigenvalue weighted by molar-refractivity contribution is 7.89. The van der Waals surface area contributed by atoms with Crippen LogP contribution in [0.3, 0.4) is 0 Å². The Morgan fingerprint density at radius 1 is 1.31 bits per heavy atom. The van der Waals surface area contributed by atoms with Crippen molar-refractivity contribution in [2.45, 2.75) is 18.2 Å². The number of rotatable bonds is 3. The lowest BCUT2D eigenvalue weighted by molar-refractivity contribution is 0.331. The summed E-state index contributed by atoms with van der Waals surface area (Å²) in [4.78, 5) is 2.13. The molecule has 1 atom stereocenters. The van der Waals surface area contributed by atoms with Crippen LogP contribution < -0.4 is 5.14 Å². The molecule has 0 bridgehead atoms. The first kappa shape index (κ1) is 11.6. The summed E-state index contributed by atoms with van der Waals surface area (Å²) < 4.78 is 22.4. The van der Waals surface area contributed by atoms with Gasteiger partial charge in [-0.3, -0.25) is 4.90 Å². The minimum atomic E-state index is -3.37. The molecule has 1 fully saturated rings. The zero-order valence-electron chi connectivity index (χ0n) is 9.04. The van der Waals surface area contributed by atoms with Crippen molar-refractivity contribution >= 4 is 10.0 Å². The van der Waals surface area contributed by atoms with Gasteiger partial charge in [-0.25, -0.2) is 13.6 Å². The molecule has 1 saturated heterocycles. The highest BCUT2D eigenvalue weighted by Crippen LogP contribution is 2.17. The molecule has 0 unspecified atom stereocenters. The molecule has 0 aromatic heterocycles. The fraction of sp³-hybridized carbons (Fsp3) is 0.455. The Bertz CT molecular complexity index is 444. The van der Waals surface area contributed by atoms with Crippen molar-refractivity contribution in [2.24, 2.45) is 5.14 Å². The lowest BCUT2D eigenvalue weighted by atomic mass is 10.2. The summed E-state index contributed by atoms with van der Waals surface area (Å²) in [7, 11) is -3.37. The highest BCUT2D eigenvalue weighted by Gasteiger charge is 2.30. The average molecular weight is 240 g/mol. The molecule has 1 heterocycles. The van der Waals surface area contributed by atoms with E-state index in [0.29, 0.717) is 13.0 Å². The zero-order valence-corrected chi connectivity index (χ0v) is 9.86. The van der Waals surface area contributed by atoms with Gasteiger partial charge in [0.05, 0.1) is 5.25 Å². The first-order valence-corrected chi connectivity index (χ1v) is 6.94. The van der Waals surface area contributed by atoms with Crippen LogP contribution in [0.4, 0.5) is 0 Å². The number of nitrogens with zero attached hydrogens (tertiary/aromatic N) is 1. The Kier molecular flexibility index (Phi) is 3.28. The van der Waals surface area contributed by atoms with Gasteiger partial charge in [0.25, 0.3) is 0 Å². The number of nitrogens with two attached hydrogens (primary N) is 1. The molecule has 1 aromatic carbocycles. The van der Waals surface area contributed by atoms with Gasteiger partial charge < -0.3 is 0 Å². The van der Waals surface area contributed by atoms with Gasteiger partial charge in [-0.1, -0.05) is 30.3 Å². The monoisotopic (exact) mass is 240 g/mol. The van der Waals surface area contributed by atoms with E-state index in [9.17, 15) is 8.42 Å². The number of sulfonamides is 1. The summed E-state index contributed by atoms with van der Waals surface area (Å²) in [6.07, 6.45) is 0.645. The first-order valence-electron chi connectivity index (χ1n) is 5.33. The van der Waals surface area contributed by atoms with Crippen molar-refractivity contribution in [2.75, 3.05) is 13.1 Å². The summed E-state index contributed by atoms with van der Waals surface area (Å²) in [5.74, 6) is 0. The van der Waals surface area contributed by atoms with Crippen LogP contribution in [0.25, 0.3) is 0 Å². The first-order chi connectivity index (χ1) is 7.55. The lowest BCUT2D eigenvalue weighted by Crippen LogP contribution is -2.31. The van der Waals surface area contributed by atoms with E-state index in [0.717, 1.165) is 13.1 Å². The molecule has 2 N–H and O–H groups in total. The van der Waals surface area contributed by atoms with Crippen LogP contribution in [-0.2, 0) is 16.6 Å². The largest absolute Gasteiger partial charge is 0.298 e. The van der Waals surface area contributed by atoms with Gasteiger partial charge in [-0.05, 0) is 18.5 Å². The van der Waals surface area contributed by atoms with E-state index in [2.05, 4.69) is 4.90 Å². The van der Waals surface area contributed by atoms with Crippen molar-refractivity contribution in [3.8, 4) is 0 Å². The molecular weight excluding hydrogens is 224 g/mol. The summed E-state index contributed by atoms with van der Waals surface area (Å²) in [5.41, 5.74) is 1.21. The summed E-state index contributed by atoms with van der Waals surface area (Å²) in [6.45, 7) is 2.15. The minimum Gasteiger partial charge on any atom is -0.298 e. The molecule has 1 aliphatic rings. The molecule has 88 valence electrons. The van der Waals surface area contributed by atoms with E-state index >= 15 is 0 Å². The van der Waals surface area contributed by atoms with Gasteiger partial charge in [0.2, 0.25) is 10.0 Å². The predicted octanol–water partition coefficient (Wildman–Crippen LogP) is 0.549. The fourth-order valence-corrected chi connectivity index (χ4v) is 2.90. The molecule has 1 aromatic rings. The van der Waals surface area contributed by atoms with E-state index in [1.54, 1.807) is 0 Å². The lowest BCUT2D eigenvalue weighted by Gasteiger charge is -2.15. The number of primary sulfonamides is 1. The van der Waals surface area contributed by atoms with E-state index in [1.165, 1.54) is 5.56 Å². The topological polar surface area (TPSA) is 63.4 Å². The Morgan fingerprint density at radius 2 is 2.00 bits per heavy atom. The van der Waals surface area contributed by atoms with Crippen LogP contribution in [0.15, 0.2) is 30.3 Å². The van der Waals surface area contributed by atoms with Crippen LogP contribution >= 0.6 is 0 Å². The van der Waals surface area contributed by atoms with Crippen molar-refractivity contribution in [3.63, 3.8) is 0 Å². The maximum Gasteiger partial charge on any atom is 0.213 e.